The highest BCUT2D eigenvalue weighted by atomic mass is 31.2. The van der Waals surface area contributed by atoms with Crippen molar-refractivity contribution in [2.45, 2.75) is 36.7 Å². The summed E-state index contributed by atoms with van der Waals surface area (Å²) in [6.07, 6.45) is -8.62. The molecule has 0 aliphatic carbocycles. The fourth-order valence-electron chi connectivity index (χ4n) is 1.56. The molecule has 0 aromatic heterocycles. The highest BCUT2D eigenvalue weighted by Crippen LogP contribution is 2.46. The lowest BCUT2D eigenvalue weighted by atomic mass is 10.00. The van der Waals surface area contributed by atoms with Crippen molar-refractivity contribution in [3.8, 4) is 0 Å². The first-order valence-corrected chi connectivity index (χ1v) is 7.53. The lowest BCUT2D eigenvalue weighted by Gasteiger charge is -2.39. The number of aliphatic hydroxyl groups is 4. The molecule has 7 atom stereocenters. The van der Waals surface area contributed by atoms with E-state index in [1.54, 1.807) is 0 Å². The minimum Gasteiger partial charge on any atom is -0.480 e. The van der Waals surface area contributed by atoms with Crippen molar-refractivity contribution in [1.82, 2.24) is 0 Å². The maximum atomic E-state index is 11.6. The number of phosphoric ester groups is 1. The van der Waals surface area contributed by atoms with E-state index in [9.17, 15) is 29.6 Å². The first kappa shape index (κ1) is 19.4. The van der Waals surface area contributed by atoms with Crippen LogP contribution in [0.3, 0.4) is 0 Å². The number of rotatable bonds is 7. The maximum absolute atomic E-state index is 11.6. The number of nitrogens with two attached hydrogens (primary N) is 1. The number of hydrogen-bond acceptors (Lipinski definition) is 10. The van der Waals surface area contributed by atoms with Gasteiger partial charge in [0.1, 0.15) is 30.5 Å². The maximum Gasteiger partial charge on any atom is 0.474 e. The van der Waals surface area contributed by atoms with Crippen LogP contribution >= 0.6 is 7.82 Å². The van der Waals surface area contributed by atoms with Crippen molar-refractivity contribution in [1.29, 1.82) is 0 Å². The monoisotopic (exact) mass is 347 g/mol. The Kier molecular flexibility index (Phi) is 6.83. The van der Waals surface area contributed by atoms with Crippen molar-refractivity contribution in [3.63, 3.8) is 0 Å². The number of phosphoric acid groups is 1. The number of aliphatic carboxylic acids is 1. The second kappa shape index (κ2) is 7.75. The van der Waals surface area contributed by atoms with Gasteiger partial charge >= 0.3 is 13.8 Å². The summed E-state index contributed by atoms with van der Waals surface area (Å²) in [5, 5.41) is 46.0. The van der Waals surface area contributed by atoms with Crippen LogP contribution in [-0.2, 0) is 23.1 Å². The standard InChI is InChI=1S/C9H18NO11P/c10-3(8(15)16)2-19-22(17,18)21-9-7(14)6(13)5(12)4(1-11)20-9/h3-7,9,11-14H,1-2,10H2,(H,15,16)(H,17,18)/t3-,4+,5+,6-,7-,9+/m0/s1. The van der Waals surface area contributed by atoms with Gasteiger partial charge in [0.25, 0.3) is 0 Å². The number of carbonyl (C=O) groups is 1. The van der Waals surface area contributed by atoms with Crippen molar-refractivity contribution < 1.29 is 53.6 Å². The molecule has 0 spiro atoms. The quantitative estimate of drug-likeness (QED) is 0.222. The van der Waals surface area contributed by atoms with Gasteiger partial charge in [-0.2, -0.15) is 0 Å². The van der Waals surface area contributed by atoms with Gasteiger partial charge in [-0.15, -0.1) is 0 Å². The van der Waals surface area contributed by atoms with E-state index < -0.39 is 63.8 Å². The minimum atomic E-state index is -4.88. The zero-order valence-electron chi connectivity index (χ0n) is 11.1. The molecule has 0 aromatic rings. The molecule has 1 aliphatic heterocycles. The van der Waals surface area contributed by atoms with E-state index in [2.05, 4.69) is 9.05 Å². The van der Waals surface area contributed by atoms with Crippen molar-refractivity contribution in [3.05, 3.63) is 0 Å². The van der Waals surface area contributed by atoms with Crippen LogP contribution in [0.5, 0.6) is 0 Å². The van der Waals surface area contributed by atoms with Crippen LogP contribution in [0.4, 0.5) is 0 Å². The minimum absolute atomic E-state index is 0.759. The van der Waals surface area contributed by atoms with Crippen LogP contribution in [0, 0.1) is 0 Å². The summed E-state index contributed by atoms with van der Waals surface area (Å²) in [6, 6.07) is -1.58. The first-order valence-electron chi connectivity index (χ1n) is 6.03. The molecule has 1 aliphatic rings. The molecule has 1 heterocycles. The Balaban J connectivity index is 2.66. The lowest BCUT2D eigenvalue weighted by Crippen LogP contribution is -2.58. The summed E-state index contributed by atoms with van der Waals surface area (Å²) in [7, 11) is -4.88. The van der Waals surface area contributed by atoms with Crippen LogP contribution in [-0.4, -0.2) is 86.4 Å². The summed E-state index contributed by atoms with van der Waals surface area (Å²) in [5.74, 6) is -1.48. The van der Waals surface area contributed by atoms with E-state index in [-0.39, 0.29) is 0 Å². The molecule has 22 heavy (non-hydrogen) atoms. The molecule has 130 valence electrons. The van der Waals surface area contributed by atoms with Gasteiger partial charge in [0, 0.05) is 0 Å². The summed E-state index contributed by atoms with van der Waals surface area (Å²) < 4.78 is 25.2. The van der Waals surface area contributed by atoms with Crippen molar-refractivity contribution in [2.24, 2.45) is 5.73 Å². The summed E-state index contributed by atoms with van der Waals surface area (Å²) in [5.41, 5.74) is 5.07. The highest BCUT2D eigenvalue weighted by molar-refractivity contribution is 7.47. The Labute approximate surface area is 124 Å². The fourth-order valence-corrected chi connectivity index (χ4v) is 2.41. The van der Waals surface area contributed by atoms with E-state index in [1.807, 2.05) is 0 Å². The summed E-state index contributed by atoms with van der Waals surface area (Å²) >= 11 is 0. The molecule has 1 rings (SSSR count). The number of carboxylic acid groups (broad SMARTS) is 1. The predicted molar refractivity (Wildman–Crippen MR) is 66.2 cm³/mol. The molecule has 1 saturated heterocycles. The largest absolute Gasteiger partial charge is 0.480 e. The third kappa shape index (κ3) is 4.93. The second-order valence-electron chi connectivity index (χ2n) is 4.51. The number of ether oxygens (including phenoxy) is 1. The number of carboxylic acids is 1. The topological polar surface area (TPSA) is 209 Å². The van der Waals surface area contributed by atoms with Gasteiger partial charge in [0.15, 0.2) is 6.29 Å². The third-order valence-electron chi connectivity index (χ3n) is 2.82. The highest BCUT2D eigenvalue weighted by Gasteiger charge is 2.46. The van der Waals surface area contributed by atoms with E-state index in [0.29, 0.717) is 0 Å². The van der Waals surface area contributed by atoms with Crippen LogP contribution < -0.4 is 5.73 Å². The molecule has 0 aromatic carbocycles. The fraction of sp³-hybridized carbons (Fsp3) is 0.889. The van der Waals surface area contributed by atoms with Gasteiger partial charge in [-0.05, 0) is 0 Å². The van der Waals surface area contributed by atoms with Gasteiger partial charge in [-0.1, -0.05) is 0 Å². The Morgan fingerprint density at radius 3 is 2.36 bits per heavy atom. The molecule has 0 amide bonds. The number of hydrogen-bond donors (Lipinski definition) is 7. The van der Waals surface area contributed by atoms with Crippen molar-refractivity contribution >= 4 is 13.8 Å². The van der Waals surface area contributed by atoms with E-state index in [0.717, 1.165) is 0 Å². The molecule has 1 unspecified atom stereocenters. The summed E-state index contributed by atoms with van der Waals surface area (Å²) in [6.45, 7) is -1.62. The summed E-state index contributed by atoms with van der Waals surface area (Å²) in [4.78, 5) is 19.8. The Hall–Kier alpha value is -0.660. The van der Waals surface area contributed by atoms with Crippen LogP contribution in [0.15, 0.2) is 0 Å². The number of aliphatic hydroxyl groups excluding tert-OH is 4. The molecule has 0 saturated carbocycles. The van der Waals surface area contributed by atoms with E-state index >= 15 is 0 Å². The van der Waals surface area contributed by atoms with Crippen LogP contribution in [0.1, 0.15) is 0 Å². The van der Waals surface area contributed by atoms with Gasteiger partial charge < -0.3 is 40.9 Å². The second-order valence-corrected chi connectivity index (χ2v) is 5.92. The van der Waals surface area contributed by atoms with Gasteiger partial charge in [-0.3, -0.25) is 13.8 Å². The average molecular weight is 347 g/mol. The molecular weight excluding hydrogens is 329 g/mol. The Bertz CT molecular complexity index is 432. The molecule has 8 N–H and O–H groups in total. The normalized spacial score (nSPS) is 36.5. The zero-order valence-corrected chi connectivity index (χ0v) is 12.0. The first-order chi connectivity index (χ1) is 10.1. The predicted octanol–water partition coefficient (Wildman–Crippen LogP) is -3.67. The average Bonchev–Trinajstić information content (AvgIpc) is 2.45. The SMILES string of the molecule is N[C@@H](COP(=O)(O)O[C@H]1O[C@H](CO)[C@@H](O)[C@H](O)[C@@H]1O)C(=O)O. The Morgan fingerprint density at radius 2 is 1.86 bits per heavy atom. The molecule has 1 fully saturated rings. The van der Waals surface area contributed by atoms with Gasteiger partial charge in [0.05, 0.1) is 13.2 Å². The zero-order chi connectivity index (χ0) is 17.1. The molecular formula is C9H18NO11P. The third-order valence-corrected chi connectivity index (χ3v) is 3.77. The molecule has 0 radical (unpaired) electrons. The van der Waals surface area contributed by atoms with Gasteiger partial charge in [-0.25, -0.2) is 4.57 Å². The van der Waals surface area contributed by atoms with Crippen LogP contribution in [0.25, 0.3) is 0 Å². The molecule has 13 heteroatoms. The molecule has 0 bridgehead atoms. The molecule has 12 nitrogen and oxygen atoms in total. The van der Waals surface area contributed by atoms with E-state index in [4.69, 9.17) is 20.7 Å². The van der Waals surface area contributed by atoms with Crippen LogP contribution in [0.2, 0.25) is 0 Å². The van der Waals surface area contributed by atoms with Crippen molar-refractivity contribution in [2.75, 3.05) is 13.2 Å². The smallest absolute Gasteiger partial charge is 0.474 e. The van der Waals surface area contributed by atoms with E-state index in [1.165, 1.54) is 0 Å². The Morgan fingerprint density at radius 1 is 1.27 bits per heavy atom. The van der Waals surface area contributed by atoms with Gasteiger partial charge in [0.2, 0.25) is 0 Å². The lowest BCUT2D eigenvalue weighted by molar-refractivity contribution is -0.281.